The van der Waals surface area contributed by atoms with Crippen molar-refractivity contribution < 1.29 is 9.90 Å². The van der Waals surface area contributed by atoms with Crippen LogP contribution in [0.2, 0.25) is 10.0 Å². The number of hydrogen-bond acceptors (Lipinski definition) is 4. The Bertz CT molecular complexity index is 1130. The van der Waals surface area contributed by atoms with Crippen LogP contribution in [0.25, 0.3) is 10.9 Å². The first-order valence-electron chi connectivity index (χ1n) is 10.1. The first kappa shape index (κ1) is 19.8. The molecule has 6 nitrogen and oxygen atoms in total. The molecule has 30 heavy (non-hydrogen) atoms. The second kappa shape index (κ2) is 7.85. The van der Waals surface area contributed by atoms with Gasteiger partial charge in [0.25, 0.3) is 0 Å². The van der Waals surface area contributed by atoms with Crippen LogP contribution in [0, 0.1) is 0 Å². The van der Waals surface area contributed by atoms with Gasteiger partial charge >= 0.3 is 0 Å². The Hall–Kier alpha value is -2.12. The molecule has 0 saturated heterocycles. The van der Waals surface area contributed by atoms with Gasteiger partial charge in [0.1, 0.15) is 5.82 Å². The van der Waals surface area contributed by atoms with Crippen molar-refractivity contribution in [2.75, 3.05) is 25.0 Å². The summed E-state index contributed by atoms with van der Waals surface area (Å²) in [5.74, 6) is 0.765. The molecule has 1 aliphatic heterocycles. The lowest BCUT2D eigenvalue weighted by Crippen LogP contribution is -2.42. The van der Waals surface area contributed by atoms with Gasteiger partial charge in [-0.3, -0.25) is 9.69 Å². The molecule has 1 saturated carbocycles. The molecule has 3 aromatic rings. The summed E-state index contributed by atoms with van der Waals surface area (Å²) in [6.07, 6.45) is 2.97. The number of aliphatic hydroxyl groups excluding tert-OH is 1. The highest BCUT2D eigenvalue weighted by atomic mass is 35.5. The number of aromatic nitrogens is 2. The van der Waals surface area contributed by atoms with Gasteiger partial charge in [0, 0.05) is 34.1 Å². The Balaban J connectivity index is 1.33. The van der Waals surface area contributed by atoms with Crippen molar-refractivity contribution in [3.8, 4) is 0 Å². The maximum absolute atomic E-state index is 12.7. The summed E-state index contributed by atoms with van der Waals surface area (Å²) in [7, 11) is 0. The van der Waals surface area contributed by atoms with Crippen molar-refractivity contribution in [3.05, 3.63) is 57.3 Å². The number of fused-ring (bicyclic) bond motifs is 3. The molecular formula is C22H22Cl2N4O2. The standard InChI is InChI=1S/C22H22Cl2N4O2/c23-13-3-5-17-15(9-13)14-7-8-28(18(11-29)22(14)25-17)10-20(30)26-19-6-4-16(24)21(27-19)12-1-2-12/h3-6,9,12,18,25,29H,1-2,7-8,10-11H2,(H,26,27,30). The van der Waals surface area contributed by atoms with Gasteiger partial charge in [0.2, 0.25) is 5.91 Å². The molecule has 1 atom stereocenters. The molecule has 2 aromatic heterocycles. The molecule has 1 aromatic carbocycles. The molecule has 0 radical (unpaired) electrons. The second-order valence-electron chi connectivity index (χ2n) is 8.01. The highest BCUT2D eigenvalue weighted by Crippen LogP contribution is 2.42. The van der Waals surface area contributed by atoms with Crippen molar-refractivity contribution in [1.29, 1.82) is 0 Å². The Morgan fingerprint density at radius 1 is 1.27 bits per heavy atom. The summed E-state index contributed by atoms with van der Waals surface area (Å²) in [6, 6.07) is 8.99. The van der Waals surface area contributed by atoms with Gasteiger partial charge in [-0.1, -0.05) is 23.2 Å². The van der Waals surface area contributed by atoms with Crippen LogP contribution in [-0.4, -0.2) is 45.6 Å². The van der Waals surface area contributed by atoms with E-state index in [0.29, 0.717) is 28.3 Å². The van der Waals surface area contributed by atoms with E-state index >= 15 is 0 Å². The fourth-order valence-electron chi connectivity index (χ4n) is 4.32. The maximum Gasteiger partial charge on any atom is 0.239 e. The number of carbonyl (C=O) groups is 1. The van der Waals surface area contributed by atoms with Crippen molar-refractivity contribution in [1.82, 2.24) is 14.9 Å². The minimum Gasteiger partial charge on any atom is -0.394 e. The van der Waals surface area contributed by atoms with Crippen molar-refractivity contribution in [2.45, 2.75) is 31.2 Å². The number of halogens is 2. The normalized spacial score (nSPS) is 19.1. The predicted octanol–water partition coefficient (Wildman–Crippen LogP) is 4.28. The van der Waals surface area contributed by atoms with Gasteiger partial charge in [-0.2, -0.15) is 0 Å². The third-order valence-electron chi connectivity index (χ3n) is 5.95. The summed E-state index contributed by atoms with van der Waals surface area (Å²) >= 11 is 12.4. The number of anilines is 1. The monoisotopic (exact) mass is 444 g/mol. The molecular weight excluding hydrogens is 423 g/mol. The average molecular weight is 445 g/mol. The van der Waals surface area contributed by atoms with Gasteiger partial charge in [-0.25, -0.2) is 4.98 Å². The SMILES string of the molecule is O=C(CN1CCc2c([nH]c3ccc(Cl)cc23)C1CO)Nc1ccc(Cl)c(C2CC2)n1. The second-order valence-corrected chi connectivity index (χ2v) is 8.86. The smallest absolute Gasteiger partial charge is 0.239 e. The number of aromatic amines is 1. The van der Waals surface area contributed by atoms with Gasteiger partial charge in [0.05, 0.1) is 29.9 Å². The van der Waals surface area contributed by atoms with Gasteiger partial charge in [0.15, 0.2) is 0 Å². The number of rotatable bonds is 5. The summed E-state index contributed by atoms with van der Waals surface area (Å²) in [5, 5.41) is 15.4. The number of pyridine rings is 1. The van der Waals surface area contributed by atoms with E-state index in [1.807, 2.05) is 23.1 Å². The lowest BCUT2D eigenvalue weighted by molar-refractivity contribution is -0.118. The van der Waals surface area contributed by atoms with E-state index in [9.17, 15) is 9.90 Å². The van der Waals surface area contributed by atoms with Crippen molar-refractivity contribution in [2.24, 2.45) is 0 Å². The van der Waals surface area contributed by atoms with Crippen LogP contribution in [0.4, 0.5) is 5.82 Å². The topological polar surface area (TPSA) is 81.2 Å². The minimum atomic E-state index is -0.272. The van der Waals surface area contributed by atoms with Crippen molar-refractivity contribution in [3.63, 3.8) is 0 Å². The summed E-state index contributed by atoms with van der Waals surface area (Å²) in [5.41, 5.74) is 3.97. The first-order chi connectivity index (χ1) is 14.5. The fourth-order valence-corrected chi connectivity index (χ4v) is 4.75. The molecule has 1 fully saturated rings. The zero-order chi connectivity index (χ0) is 20.8. The molecule has 0 spiro atoms. The fraction of sp³-hybridized carbons (Fsp3) is 0.364. The molecule has 3 N–H and O–H groups in total. The quantitative estimate of drug-likeness (QED) is 0.548. The summed E-state index contributed by atoms with van der Waals surface area (Å²) in [6.45, 7) is 0.766. The third kappa shape index (κ3) is 3.69. The Morgan fingerprint density at radius 3 is 2.87 bits per heavy atom. The van der Waals surface area contributed by atoms with E-state index in [1.165, 1.54) is 0 Å². The van der Waals surface area contributed by atoms with Crippen LogP contribution in [0.5, 0.6) is 0 Å². The Labute approximate surface area is 184 Å². The molecule has 8 heteroatoms. The number of benzene rings is 1. The number of carbonyl (C=O) groups excluding carboxylic acids is 1. The van der Waals surface area contributed by atoms with E-state index in [2.05, 4.69) is 15.3 Å². The van der Waals surface area contributed by atoms with E-state index in [4.69, 9.17) is 23.2 Å². The minimum absolute atomic E-state index is 0.0775. The highest BCUT2D eigenvalue weighted by molar-refractivity contribution is 6.31. The number of aliphatic hydroxyl groups is 1. The van der Waals surface area contributed by atoms with Gasteiger partial charge in [-0.05, 0) is 55.2 Å². The number of H-pyrrole nitrogens is 1. The molecule has 5 rings (SSSR count). The molecule has 2 aliphatic rings. The molecule has 0 bridgehead atoms. The maximum atomic E-state index is 12.7. The van der Waals surface area contributed by atoms with Crippen LogP contribution >= 0.6 is 23.2 Å². The molecule has 1 amide bonds. The number of nitrogens with one attached hydrogen (secondary N) is 2. The molecule has 1 unspecified atom stereocenters. The lowest BCUT2D eigenvalue weighted by Gasteiger charge is -2.34. The van der Waals surface area contributed by atoms with Crippen LogP contribution in [0.3, 0.4) is 0 Å². The largest absolute Gasteiger partial charge is 0.394 e. The van der Waals surface area contributed by atoms with Crippen molar-refractivity contribution >= 4 is 45.8 Å². The predicted molar refractivity (Wildman–Crippen MR) is 118 cm³/mol. The Kier molecular flexibility index (Phi) is 5.19. The van der Waals surface area contributed by atoms with Crippen LogP contribution in [0.15, 0.2) is 30.3 Å². The van der Waals surface area contributed by atoms with Crippen LogP contribution < -0.4 is 5.32 Å². The third-order valence-corrected chi connectivity index (χ3v) is 6.50. The van der Waals surface area contributed by atoms with E-state index < -0.39 is 0 Å². The number of amides is 1. The molecule has 156 valence electrons. The van der Waals surface area contributed by atoms with E-state index in [1.54, 1.807) is 12.1 Å². The van der Waals surface area contributed by atoms with Crippen LogP contribution in [-0.2, 0) is 11.2 Å². The van der Waals surface area contributed by atoms with Gasteiger partial charge < -0.3 is 15.4 Å². The number of nitrogens with zero attached hydrogens (tertiary/aromatic N) is 2. The highest BCUT2D eigenvalue weighted by Gasteiger charge is 2.31. The zero-order valence-electron chi connectivity index (χ0n) is 16.3. The van der Waals surface area contributed by atoms with E-state index in [0.717, 1.165) is 47.1 Å². The lowest BCUT2D eigenvalue weighted by atomic mass is 9.97. The summed E-state index contributed by atoms with van der Waals surface area (Å²) < 4.78 is 0. The van der Waals surface area contributed by atoms with Crippen LogP contribution in [0.1, 0.15) is 41.8 Å². The molecule has 3 heterocycles. The average Bonchev–Trinajstić information content (AvgIpc) is 3.50. The zero-order valence-corrected chi connectivity index (χ0v) is 17.8. The van der Waals surface area contributed by atoms with Gasteiger partial charge in [-0.15, -0.1) is 0 Å². The Morgan fingerprint density at radius 2 is 2.10 bits per heavy atom. The summed E-state index contributed by atoms with van der Waals surface area (Å²) in [4.78, 5) is 22.7. The van der Waals surface area contributed by atoms with E-state index in [-0.39, 0.29) is 25.1 Å². The molecule has 1 aliphatic carbocycles. The number of hydrogen-bond donors (Lipinski definition) is 3. The first-order valence-corrected chi connectivity index (χ1v) is 10.9.